The number of aliphatic imine (C=N–C) groups is 1. The van der Waals surface area contributed by atoms with Gasteiger partial charge in [-0.2, -0.15) is 0 Å². The van der Waals surface area contributed by atoms with Crippen molar-refractivity contribution in [2.45, 2.75) is 36.8 Å². The molecule has 3 aliphatic rings. The van der Waals surface area contributed by atoms with Crippen LogP contribution in [-0.4, -0.2) is 34.4 Å². The van der Waals surface area contributed by atoms with Crippen LogP contribution in [0.4, 0.5) is 4.39 Å². The molecule has 5 rings (SSSR count). The topological polar surface area (TPSA) is 80.8 Å². The van der Waals surface area contributed by atoms with Crippen LogP contribution in [0.25, 0.3) is 11.1 Å². The summed E-state index contributed by atoms with van der Waals surface area (Å²) in [6.07, 6.45) is 6.10. The van der Waals surface area contributed by atoms with Crippen LogP contribution in [0.1, 0.15) is 31.2 Å². The quantitative estimate of drug-likeness (QED) is 0.841. The molecule has 1 atom stereocenters. The van der Waals surface area contributed by atoms with Gasteiger partial charge in [0, 0.05) is 30.8 Å². The molecule has 1 amide bonds. The average molecular weight is 366 g/mol. The Hall–Kier alpha value is -2.96. The van der Waals surface area contributed by atoms with Crippen molar-refractivity contribution in [3.63, 3.8) is 0 Å². The zero-order valence-corrected chi connectivity index (χ0v) is 14.9. The van der Waals surface area contributed by atoms with Gasteiger partial charge in [0.25, 0.3) is 5.91 Å². The second-order valence-corrected chi connectivity index (χ2v) is 7.61. The molecule has 0 saturated heterocycles. The van der Waals surface area contributed by atoms with Gasteiger partial charge in [-0.25, -0.2) is 9.38 Å². The smallest absolute Gasteiger partial charge is 0.261 e. The minimum absolute atomic E-state index is 0.148. The number of ether oxygens (including phenoxy) is 1. The summed E-state index contributed by atoms with van der Waals surface area (Å²) in [5.41, 5.74) is 6.63. The summed E-state index contributed by atoms with van der Waals surface area (Å²) in [5, 5.41) is 0. The Labute approximate surface area is 155 Å². The fourth-order valence-corrected chi connectivity index (χ4v) is 4.36. The van der Waals surface area contributed by atoms with Crippen LogP contribution in [0.15, 0.2) is 41.7 Å². The lowest BCUT2D eigenvalue weighted by molar-refractivity contribution is -0.136. The molecule has 0 radical (unpaired) electrons. The van der Waals surface area contributed by atoms with Gasteiger partial charge in [-0.05, 0) is 43.0 Å². The molecule has 1 aromatic carbocycles. The largest absolute Gasteiger partial charge is 0.487 e. The van der Waals surface area contributed by atoms with E-state index < -0.39 is 11.4 Å². The van der Waals surface area contributed by atoms with Crippen LogP contribution in [0.2, 0.25) is 0 Å². The molecule has 2 spiro atoms. The standard InChI is InChI=1S/C20H19FN4O2/c1-25-17(26)20(24-18(25)22)11-19(5-2-6-19)27-16-4-3-12(8-15(16)20)13-7-14(21)10-23-9-13/h3-4,7-10H,2,5-6,11H2,1H3,(H2,22,24). The lowest BCUT2D eigenvalue weighted by atomic mass is 9.67. The highest BCUT2D eigenvalue weighted by Gasteiger charge is 2.59. The van der Waals surface area contributed by atoms with E-state index in [0.29, 0.717) is 23.3 Å². The number of pyridine rings is 1. The molecule has 3 heterocycles. The Morgan fingerprint density at radius 3 is 2.67 bits per heavy atom. The molecule has 1 saturated carbocycles. The molecule has 1 fully saturated rings. The summed E-state index contributed by atoms with van der Waals surface area (Å²) in [4.78, 5) is 23.1. The Balaban J connectivity index is 1.70. The monoisotopic (exact) mass is 366 g/mol. The van der Waals surface area contributed by atoms with Crippen molar-refractivity contribution in [1.82, 2.24) is 9.88 Å². The molecular formula is C20H19FN4O2. The molecule has 27 heavy (non-hydrogen) atoms. The lowest BCUT2D eigenvalue weighted by Crippen LogP contribution is -2.54. The van der Waals surface area contributed by atoms with E-state index in [-0.39, 0.29) is 17.5 Å². The van der Waals surface area contributed by atoms with Crippen molar-refractivity contribution >= 4 is 11.9 Å². The van der Waals surface area contributed by atoms with Crippen molar-refractivity contribution < 1.29 is 13.9 Å². The number of fused-ring (bicyclic) bond motifs is 2. The second-order valence-electron chi connectivity index (χ2n) is 7.61. The average Bonchev–Trinajstić information content (AvgIpc) is 2.84. The van der Waals surface area contributed by atoms with Crippen molar-refractivity contribution in [2.24, 2.45) is 10.7 Å². The molecular weight excluding hydrogens is 347 g/mol. The zero-order chi connectivity index (χ0) is 18.8. The first kappa shape index (κ1) is 16.2. The van der Waals surface area contributed by atoms with E-state index in [1.165, 1.54) is 11.0 Å². The lowest BCUT2D eigenvalue weighted by Gasteiger charge is -2.49. The number of carbonyl (C=O) groups is 1. The molecule has 1 aliphatic carbocycles. The summed E-state index contributed by atoms with van der Waals surface area (Å²) in [6.45, 7) is 0. The number of nitrogens with two attached hydrogens (primary N) is 1. The van der Waals surface area contributed by atoms with Gasteiger partial charge in [-0.1, -0.05) is 6.07 Å². The Morgan fingerprint density at radius 1 is 1.22 bits per heavy atom. The van der Waals surface area contributed by atoms with E-state index in [1.807, 2.05) is 18.2 Å². The third-order valence-electron chi connectivity index (χ3n) is 5.94. The number of carbonyl (C=O) groups excluding carboxylic acids is 1. The molecule has 1 aromatic heterocycles. The number of halogens is 1. The van der Waals surface area contributed by atoms with E-state index in [4.69, 9.17) is 10.5 Å². The van der Waals surface area contributed by atoms with Crippen molar-refractivity contribution in [3.05, 3.63) is 48.0 Å². The number of benzene rings is 1. The summed E-state index contributed by atoms with van der Waals surface area (Å²) >= 11 is 0. The highest BCUT2D eigenvalue weighted by Crippen LogP contribution is 2.55. The number of aromatic nitrogens is 1. The molecule has 138 valence electrons. The maximum absolute atomic E-state index is 13.6. The normalized spacial score (nSPS) is 25.2. The van der Waals surface area contributed by atoms with Gasteiger partial charge < -0.3 is 10.5 Å². The zero-order valence-electron chi connectivity index (χ0n) is 14.9. The minimum atomic E-state index is -1.08. The number of rotatable bonds is 1. The predicted octanol–water partition coefficient (Wildman–Crippen LogP) is 2.57. The van der Waals surface area contributed by atoms with Gasteiger partial charge in [-0.15, -0.1) is 0 Å². The van der Waals surface area contributed by atoms with Crippen LogP contribution >= 0.6 is 0 Å². The first-order valence-corrected chi connectivity index (χ1v) is 9.01. The molecule has 2 N–H and O–H groups in total. The van der Waals surface area contributed by atoms with E-state index in [9.17, 15) is 9.18 Å². The van der Waals surface area contributed by atoms with E-state index in [0.717, 1.165) is 31.0 Å². The third-order valence-corrected chi connectivity index (χ3v) is 5.94. The summed E-state index contributed by atoms with van der Waals surface area (Å²) in [7, 11) is 1.64. The molecule has 0 bridgehead atoms. The van der Waals surface area contributed by atoms with E-state index in [2.05, 4.69) is 9.98 Å². The molecule has 7 heteroatoms. The number of likely N-dealkylation sites (N-methyl/N-ethyl adjacent to an activating group) is 1. The highest BCUT2D eigenvalue weighted by atomic mass is 19.1. The SMILES string of the molecule is CN1C(=O)C2(CC3(CCC3)Oc3ccc(-c4cncc(F)c4)cc32)N=C1N. The van der Waals surface area contributed by atoms with E-state index in [1.54, 1.807) is 13.2 Å². The Kier molecular flexibility index (Phi) is 3.17. The van der Waals surface area contributed by atoms with Crippen molar-refractivity contribution in [1.29, 1.82) is 0 Å². The molecule has 2 aliphatic heterocycles. The molecule has 2 aromatic rings. The number of amides is 1. The van der Waals surface area contributed by atoms with E-state index >= 15 is 0 Å². The summed E-state index contributed by atoms with van der Waals surface area (Å²) in [5.74, 6) is 0.295. The third kappa shape index (κ3) is 2.20. The van der Waals surface area contributed by atoms with Crippen molar-refractivity contribution in [3.8, 4) is 16.9 Å². The van der Waals surface area contributed by atoms with Gasteiger partial charge in [0.15, 0.2) is 11.5 Å². The fourth-order valence-electron chi connectivity index (χ4n) is 4.36. The maximum Gasteiger partial charge on any atom is 0.261 e. The predicted molar refractivity (Wildman–Crippen MR) is 97.5 cm³/mol. The summed E-state index contributed by atoms with van der Waals surface area (Å²) < 4.78 is 19.9. The second kappa shape index (κ2) is 5.28. The minimum Gasteiger partial charge on any atom is -0.487 e. The number of hydrogen-bond acceptors (Lipinski definition) is 5. The molecule has 1 unspecified atom stereocenters. The Morgan fingerprint density at radius 2 is 2.04 bits per heavy atom. The number of hydrogen-bond donors (Lipinski definition) is 1. The van der Waals surface area contributed by atoms with Crippen molar-refractivity contribution in [2.75, 3.05) is 7.05 Å². The van der Waals surface area contributed by atoms with Crippen LogP contribution in [0.5, 0.6) is 5.75 Å². The van der Waals surface area contributed by atoms with Crippen LogP contribution in [-0.2, 0) is 10.3 Å². The maximum atomic E-state index is 13.6. The van der Waals surface area contributed by atoms with Crippen LogP contribution in [0.3, 0.4) is 0 Å². The van der Waals surface area contributed by atoms with Gasteiger partial charge in [0.1, 0.15) is 17.2 Å². The van der Waals surface area contributed by atoms with Gasteiger partial charge >= 0.3 is 0 Å². The highest BCUT2D eigenvalue weighted by molar-refractivity contribution is 6.07. The van der Waals surface area contributed by atoms with Gasteiger partial charge in [-0.3, -0.25) is 14.7 Å². The number of nitrogens with zero attached hydrogens (tertiary/aromatic N) is 3. The van der Waals surface area contributed by atoms with Crippen LogP contribution < -0.4 is 10.5 Å². The first-order valence-electron chi connectivity index (χ1n) is 9.01. The van der Waals surface area contributed by atoms with Gasteiger partial charge in [0.05, 0.1) is 6.20 Å². The fraction of sp³-hybridized carbons (Fsp3) is 0.350. The first-order chi connectivity index (χ1) is 12.9. The number of guanidine groups is 1. The van der Waals surface area contributed by atoms with Gasteiger partial charge in [0.2, 0.25) is 0 Å². The van der Waals surface area contributed by atoms with Crippen LogP contribution in [0, 0.1) is 5.82 Å². The molecule has 6 nitrogen and oxygen atoms in total. The summed E-state index contributed by atoms with van der Waals surface area (Å²) in [6, 6.07) is 6.97. The Bertz CT molecular complexity index is 1000.